The highest BCUT2D eigenvalue weighted by atomic mass is 79.9. The molecule has 2 aliphatic rings. The lowest BCUT2D eigenvalue weighted by Crippen LogP contribution is -2.45. The average Bonchev–Trinajstić information content (AvgIpc) is 3.54. The van der Waals surface area contributed by atoms with E-state index < -0.39 is 5.79 Å². The molecule has 0 radical (unpaired) electrons. The van der Waals surface area contributed by atoms with E-state index in [9.17, 15) is 0 Å². The monoisotopic (exact) mass is 706 g/mol. The third-order valence-corrected chi connectivity index (χ3v) is 9.61. The molecule has 0 N–H and O–H groups in total. The van der Waals surface area contributed by atoms with Crippen LogP contribution in [0.5, 0.6) is 40.2 Å². The first kappa shape index (κ1) is 30.1. The molecule has 9 heteroatoms. The van der Waals surface area contributed by atoms with Crippen LogP contribution < -0.4 is 33.2 Å². The van der Waals surface area contributed by atoms with Crippen molar-refractivity contribution >= 4 is 26.9 Å². The first-order valence-corrected chi connectivity index (χ1v) is 16.0. The molecule has 0 amide bonds. The Morgan fingerprint density at radius 3 is 2.06 bits per heavy atom. The van der Waals surface area contributed by atoms with Gasteiger partial charge in [-0.15, -0.1) is 0 Å². The maximum Gasteiger partial charge on any atom is 0.310 e. The maximum absolute atomic E-state index is 7.21. The van der Waals surface area contributed by atoms with Gasteiger partial charge in [-0.2, -0.15) is 0 Å². The molecule has 2 aliphatic heterocycles. The van der Waals surface area contributed by atoms with Gasteiger partial charge in [0.1, 0.15) is 51.6 Å². The average molecular weight is 708 g/mol. The second kappa shape index (κ2) is 11.2. The summed E-state index contributed by atoms with van der Waals surface area (Å²) >= 11 is 3.69. The van der Waals surface area contributed by atoms with Gasteiger partial charge in [-0.25, -0.2) is 0 Å². The third-order valence-electron chi connectivity index (χ3n) is 8.99. The number of furan rings is 1. The summed E-state index contributed by atoms with van der Waals surface area (Å²) in [5, 5.41) is 0.945. The highest BCUT2D eigenvalue weighted by molar-refractivity contribution is 9.10. The number of ether oxygens (including phenoxy) is 7. The van der Waals surface area contributed by atoms with E-state index in [0.717, 1.165) is 48.8 Å². The molecule has 1 atom stereocenters. The Kier molecular flexibility index (Phi) is 7.00. The van der Waals surface area contributed by atoms with Gasteiger partial charge in [0.2, 0.25) is 0 Å². The number of hydrogen-bond donors (Lipinski definition) is 0. The second-order valence-electron chi connectivity index (χ2n) is 11.7. The molecule has 6 aromatic rings. The van der Waals surface area contributed by atoms with E-state index in [4.69, 9.17) is 37.6 Å². The lowest BCUT2D eigenvalue weighted by molar-refractivity contribution is -0.0893. The molecule has 8 rings (SSSR count). The van der Waals surface area contributed by atoms with Gasteiger partial charge >= 0.3 is 5.79 Å². The van der Waals surface area contributed by atoms with Crippen LogP contribution in [0.4, 0.5) is 0 Å². The highest BCUT2D eigenvalue weighted by Crippen LogP contribution is 2.61. The molecule has 1 aromatic heterocycles. The van der Waals surface area contributed by atoms with Gasteiger partial charge in [-0.05, 0) is 82.5 Å². The fourth-order valence-electron chi connectivity index (χ4n) is 6.80. The quantitative estimate of drug-likeness (QED) is 0.162. The van der Waals surface area contributed by atoms with Gasteiger partial charge in [0.25, 0.3) is 0 Å². The summed E-state index contributed by atoms with van der Waals surface area (Å²) in [5.74, 6) is 3.47. The van der Waals surface area contributed by atoms with E-state index in [1.807, 2.05) is 66.7 Å². The molecule has 0 saturated carbocycles. The Bertz CT molecular complexity index is 2270. The molecule has 48 heavy (non-hydrogen) atoms. The third kappa shape index (κ3) is 4.41. The standard InChI is InChI=1S/C39H31BrO8/c1-20-11-26-25-18-29(40)34(44-5)19-32(25)47-39(28-10-9-24(42-3)17-33(28)43-4)38(26)27(12-20)37-35(45-6)14-22(15-36(37)48-39)30-13-21-7-8-23(41-2)16-31(21)46-30/h7-19H,1-6H3/t39-/m0/s1. The second-order valence-corrected chi connectivity index (χ2v) is 12.5. The largest absolute Gasteiger partial charge is 0.497 e. The fourth-order valence-corrected chi connectivity index (χ4v) is 7.31. The van der Waals surface area contributed by atoms with E-state index in [2.05, 4.69) is 35.0 Å². The van der Waals surface area contributed by atoms with Crippen molar-refractivity contribution < 1.29 is 37.6 Å². The van der Waals surface area contributed by atoms with Crippen LogP contribution in [0.25, 0.3) is 44.5 Å². The van der Waals surface area contributed by atoms with E-state index in [1.54, 1.807) is 35.5 Å². The molecule has 0 bridgehead atoms. The first-order valence-electron chi connectivity index (χ1n) is 15.2. The predicted molar refractivity (Wildman–Crippen MR) is 186 cm³/mol. The number of hydrogen-bond acceptors (Lipinski definition) is 8. The van der Waals surface area contributed by atoms with Crippen molar-refractivity contribution in [3.05, 3.63) is 100 Å². The van der Waals surface area contributed by atoms with Crippen molar-refractivity contribution in [3.8, 4) is 73.8 Å². The summed E-state index contributed by atoms with van der Waals surface area (Å²) in [7, 11) is 8.17. The highest BCUT2D eigenvalue weighted by Gasteiger charge is 2.53. The molecule has 242 valence electrons. The smallest absolute Gasteiger partial charge is 0.310 e. The lowest BCUT2D eigenvalue weighted by atomic mass is 9.78. The molecule has 8 nitrogen and oxygen atoms in total. The van der Waals surface area contributed by atoms with Crippen LogP contribution in [-0.4, -0.2) is 35.5 Å². The Labute approximate surface area is 285 Å². The minimum atomic E-state index is -1.47. The van der Waals surface area contributed by atoms with Gasteiger partial charge in [0.15, 0.2) is 0 Å². The van der Waals surface area contributed by atoms with Crippen molar-refractivity contribution in [2.24, 2.45) is 0 Å². The van der Waals surface area contributed by atoms with E-state index in [-0.39, 0.29) is 0 Å². The van der Waals surface area contributed by atoms with E-state index in [1.165, 1.54) is 0 Å². The number of halogens is 1. The molecule has 0 spiro atoms. The van der Waals surface area contributed by atoms with Crippen LogP contribution in [0.2, 0.25) is 0 Å². The van der Waals surface area contributed by atoms with Gasteiger partial charge < -0.3 is 37.6 Å². The normalized spacial score (nSPS) is 15.4. The zero-order valence-electron chi connectivity index (χ0n) is 27.1. The lowest BCUT2D eigenvalue weighted by Gasteiger charge is -2.45. The molecule has 0 saturated heterocycles. The van der Waals surface area contributed by atoms with Crippen LogP contribution in [-0.2, 0) is 5.79 Å². The number of methoxy groups -OCH3 is 5. The summed E-state index contributed by atoms with van der Waals surface area (Å²) in [6.07, 6.45) is 0. The van der Waals surface area contributed by atoms with Crippen molar-refractivity contribution in [3.63, 3.8) is 0 Å². The van der Waals surface area contributed by atoms with Crippen LogP contribution in [0.15, 0.2) is 87.8 Å². The Hall–Kier alpha value is -5.28. The van der Waals surface area contributed by atoms with Crippen molar-refractivity contribution in [2.45, 2.75) is 12.7 Å². The topological polar surface area (TPSA) is 77.8 Å². The summed E-state index contributed by atoms with van der Waals surface area (Å²) in [6.45, 7) is 2.08. The van der Waals surface area contributed by atoms with Gasteiger partial charge in [-0.1, -0.05) is 12.1 Å². The van der Waals surface area contributed by atoms with Crippen LogP contribution >= 0.6 is 15.9 Å². The summed E-state index contributed by atoms with van der Waals surface area (Å²) in [5.41, 5.74) is 7.60. The van der Waals surface area contributed by atoms with Crippen molar-refractivity contribution in [1.29, 1.82) is 0 Å². The van der Waals surface area contributed by atoms with Gasteiger partial charge in [0.05, 0.1) is 56.7 Å². The zero-order valence-corrected chi connectivity index (χ0v) is 28.7. The fraction of sp³-hybridized carbons (Fsp3) is 0.179. The molecule has 0 fully saturated rings. The molecule has 5 aromatic carbocycles. The molecular formula is C39H31BrO8. The van der Waals surface area contributed by atoms with Crippen molar-refractivity contribution in [2.75, 3.05) is 35.5 Å². The van der Waals surface area contributed by atoms with Gasteiger partial charge in [0, 0.05) is 40.3 Å². The molecule has 0 aliphatic carbocycles. The Balaban J connectivity index is 1.44. The number of rotatable bonds is 7. The zero-order chi connectivity index (χ0) is 33.3. The summed E-state index contributed by atoms with van der Waals surface area (Å²) in [4.78, 5) is 0. The van der Waals surface area contributed by atoms with Crippen molar-refractivity contribution in [1.82, 2.24) is 0 Å². The van der Waals surface area contributed by atoms with Crippen LogP contribution in [0.1, 0.15) is 16.7 Å². The maximum atomic E-state index is 7.21. The Morgan fingerprint density at radius 2 is 1.31 bits per heavy atom. The first-order chi connectivity index (χ1) is 23.3. The minimum Gasteiger partial charge on any atom is -0.497 e. The minimum absolute atomic E-state index is 0.539. The van der Waals surface area contributed by atoms with Gasteiger partial charge in [-0.3, -0.25) is 0 Å². The molecule has 3 heterocycles. The van der Waals surface area contributed by atoms with E-state index in [0.29, 0.717) is 57.2 Å². The number of fused-ring (bicyclic) bond motifs is 5. The number of benzene rings is 5. The van der Waals surface area contributed by atoms with E-state index >= 15 is 0 Å². The SMILES string of the molecule is COc1ccc([C@@]23Oc4cc(OC)c(Br)cc4-c4cc(C)cc(c42)-c2c(OC)cc(-c4cc5ccc(OC)cc5o4)cc2O3)c(OC)c1. The molecular weight excluding hydrogens is 676 g/mol. The summed E-state index contributed by atoms with van der Waals surface area (Å²) < 4.78 is 50.2. The predicted octanol–water partition coefficient (Wildman–Crippen LogP) is 9.53. The summed E-state index contributed by atoms with van der Waals surface area (Å²) in [6, 6.07) is 25.5. The van der Waals surface area contributed by atoms with Crippen LogP contribution in [0.3, 0.4) is 0 Å². The van der Waals surface area contributed by atoms with Crippen LogP contribution in [0, 0.1) is 6.92 Å². The molecule has 0 unspecified atom stereocenters. The Morgan fingerprint density at radius 1 is 0.604 bits per heavy atom. The number of aryl methyl sites for hydroxylation is 1.